The van der Waals surface area contributed by atoms with Crippen LogP contribution in [-0.4, -0.2) is 18.4 Å². The topological polar surface area (TPSA) is 59.9 Å². The highest BCUT2D eigenvalue weighted by molar-refractivity contribution is 7.71. The van der Waals surface area contributed by atoms with Gasteiger partial charge in [0.1, 0.15) is 44.9 Å². The molecule has 1 aromatic carbocycles. The molecule has 0 atom stereocenters. The summed E-state index contributed by atoms with van der Waals surface area (Å²) in [5, 5.41) is -0.239. The molecule has 1 heterocycles. The first-order valence-electron chi connectivity index (χ1n) is 8.20. The number of benzene rings is 1. The van der Waals surface area contributed by atoms with Crippen molar-refractivity contribution >= 4 is 22.3 Å². The molecule has 1 aliphatic rings. The maximum Gasteiger partial charge on any atom is 0.147 e. The van der Waals surface area contributed by atoms with Gasteiger partial charge in [-0.2, -0.15) is 0 Å². The van der Waals surface area contributed by atoms with E-state index in [0.29, 0.717) is 17.8 Å². The highest BCUT2D eigenvalue weighted by Crippen LogP contribution is 2.41. The van der Waals surface area contributed by atoms with Crippen LogP contribution in [-0.2, 0) is 16.5 Å². The van der Waals surface area contributed by atoms with Crippen molar-refractivity contribution in [3.63, 3.8) is 0 Å². The number of halogens is 4. The van der Waals surface area contributed by atoms with Crippen LogP contribution in [0.3, 0.4) is 0 Å². The van der Waals surface area contributed by atoms with Gasteiger partial charge < -0.3 is 0 Å². The van der Waals surface area contributed by atoms with Crippen molar-refractivity contribution in [3.05, 3.63) is 46.3 Å². The molecule has 0 bridgehead atoms. The third-order valence-corrected chi connectivity index (χ3v) is 5.27. The number of nitrogens with zero attached hydrogens (tertiary/aromatic N) is 2. The first kappa shape index (κ1) is 19.1. The molecule has 4 nitrogen and oxygen atoms in total. The molecule has 0 saturated heterocycles. The van der Waals surface area contributed by atoms with Crippen molar-refractivity contribution in [1.29, 1.82) is 0 Å². The van der Waals surface area contributed by atoms with E-state index in [0.717, 1.165) is 32.1 Å². The van der Waals surface area contributed by atoms with Crippen LogP contribution >= 0.6 is 11.6 Å². The molecule has 1 aromatic heterocycles. The van der Waals surface area contributed by atoms with E-state index >= 15 is 0 Å². The fraction of sp³-hybridized carbons (Fsp3) is 0.412. The van der Waals surface area contributed by atoms with Gasteiger partial charge in [0.15, 0.2) is 0 Å². The Labute approximate surface area is 155 Å². The monoisotopic (exact) mass is 404 g/mol. The van der Waals surface area contributed by atoms with Crippen LogP contribution in [0.25, 0.3) is 11.1 Å². The molecule has 26 heavy (non-hydrogen) atoms. The van der Waals surface area contributed by atoms with Gasteiger partial charge in [0.2, 0.25) is 0 Å². The van der Waals surface area contributed by atoms with Crippen LogP contribution in [0, 0.1) is 17.5 Å². The minimum absolute atomic E-state index is 0.0154. The molecule has 1 saturated carbocycles. The zero-order valence-corrected chi connectivity index (χ0v) is 15.3. The Bertz CT molecular complexity index is 884. The van der Waals surface area contributed by atoms with Crippen LogP contribution in [0.15, 0.2) is 12.1 Å². The lowest BCUT2D eigenvalue weighted by Crippen LogP contribution is -2.13. The van der Waals surface area contributed by atoms with E-state index in [2.05, 4.69) is 9.97 Å². The Morgan fingerprint density at radius 2 is 1.62 bits per heavy atom. The molecule has 0 radical (unpaired) electrons. The Kier molecular flexibility index (Phi) is 5.82. The fourth-order valence-corrected chi connectivity index (χ4v) is 4.03. The van der Waals surface area contributed by atoms with E-state index in [4.69, 9.17) is 11.6 Å². The van der Waals surface area contributed by atoms with Crippen LogP contribution < -0.4 is 0 Å². The van der Waals surface area contributed by atoms with Crippen molar-refractivity contribution in [2.75, 3.05) is 0 Å². The van der Waals surface area contributed by atoms with Gasteiger partial charge in [0.05, 0.1) is 11.3 Å². The summed E-state index contributed by atoms with van der Waals surface area (Å²) >= 11 is 6.18. The zero-order chi connectivity index (χ0) is 18.8. The summed E-state index contributed by atoms with van der Waals surface area (Å²) in [6, 6.07) is 1.14. The first-order valence-corrected chi connectivity index (χ1v) is 9.94. The Morgan fingerprint density at radius 3 is 2.19 bits per heavy atom. The van der Waals surface area contributed by atoms with E-state index in [9.17, 15) is 21.6 Å². The zero-order valence-electron chi connectivity index (χ0n) is 13.6. The molecule has 0 spiro atoms. The van der Waals surface area contributed by atoms with Crippen molar-refractivity contribution in [2.24, 2.45) is 0 Å². The number of aromatic nitrogens is 2. The van der Waals surface area contributed by atoms with Crippen LogP contribution in [0.5, 0.6) is 0 Å². The lowest BCUT2D eigenvalue weighted by Gasteiger charge is -2.24. The number of hydrogen-bond acceptors (Lipinski definition) is 4. The summed E-state index contributed by atoms with van der Waals surface area (Å²) in [6.07, 6.45) is 4.38. The van der Waals surface area contributed by atoms with E-state index in [1.807, 2.05) is 0 Å². The normalized spacial score (nSPS) is 15.6. The molecule has 0 aliphatic heterocycles. The predicted octanol–water partition coefficient (Wildman–Crippen LogP) is 4.37. The molecule has 9 heteroatoms. The molecule has 1 aliphatic carbocycles. The van der Waals surface area contributed by atoms with E-state index in [1.165, 1.54) is 0 Å². The minimum Gasteiger partial charge on any atom is -0.236 e. The molecular formula is C17H16ClF3N2O2S. The summed E-state index contributed by atoms with van der Waals surface area (Å²) < 4.78 is 64.0. The molecule has 140 valence electrons. The van der Waals surface area contributed by atoms with Crippen molar-refractivity contribution in [2.45, 2.75) is 43.8 Å². The second kappa shape index (κ2) is 7.92. The quantitative estimate of drug-likeness (QED) is 0.607. The number of rotatable bonds is 4. The molecule has 2 aromatic rings. The molecule has 3 rings (SSSR count). The smallest absolute Gasteiger partial charge is 0.147 e. The molecule has 1 fully saturated rings. The van der Waals surface area contributed by atoms with Gasteiger partial charge in [0.25, 0.3) is 0 Å². The van der Waals surface area contributed by atoms with Gasteiger partial charge >= 0.3 is 0 Å². The third kappa shape index (κ3) is 4.01. The summed E-state index contributed by atoms with van der Waals surface area (Å²) in [5.74, 6) is -3.80. The summed E-state index contributed by atoms with van der Waals surface area (Å²) in [7, 11) is -2.78. The lowest BCUT2D eigenvalue weighted by atomic mass is 9.84. The molecule has 0 amide bonds. The van der Waals surface area contributed by atoms with Gasteiger partial charge in [-0.15, -0.1) is 0 Å². The summed E-state index contributed by atoms with van der Waals surface area (Å²) in [5.41, 5.74) is -0.200. The average molecular weight is 405 g/mol. The van der Waals surface area contributed by atoms with Gasteiger partial charge in [-0.3, -0.25) is 0 Å². The Hall–Kier alpha value is -1.67. The summed E-state index contributed by atoms with van der Waals surface area (Å²) in [6.45, 7) is 0. The molecule has 0 unspecified atom stereocenters. The minimum atomic E-state index is -2.78. The van der Waals surface area contributed by atoms with Gasteiger partial charge in [-0.25, -0.2) is 31.6 Å². The fourth-order valence-electron chi connectivity index (χ4n) is 3.36. The van der Waals surface area contributed by atoms with Crippen molar-refractivity contribution in [1.82, 2.24) is 9.97 Å². The van der Waals surface area contributed by atoms with Gasteiger partial charge in [-0.05, 0) is 12.8 Å². The highest BCUT2D eigenvalue weighted by atomic mass is 35.5. The summed E-state index contributed by atoms with van der Waals surface area (Å²) in [4.78, 5) is 8.17. The van der Waals surface area contributed by atoms with Crippen LogP contribution in [0.4, 0.5) is 13.2 Å². The lowest BCUT2D eigenvalue weighted by molar-refractivity contribution is 0.436. The SMILES string of the molecule is O=[SH](=O)Cc1nc(Cl)c(-c2c(F)cc(F)cc2F)c(C2CCCCC2)n1. The highest BCUT2D eigenvalue weighted by Gasteiger charge is 2.28. The number of hydrogen-bond donors (Lipinski definition) is 1. The Balaban J connectivity index is 2.23. The van der Waals surface area contributed by atoms with Gasteiger partial charge in [0, 0.05) is 23.6 Å². The molecular weight excluding hydrogens is 389 g/mol. The maximum absolute atomic E-state index is 14.3. The Morgan fingerprint density at radius 1 is 1.00 bits per heavy atom. The van der Waals surface area contributed by atoms with E-state index in [-0.39, 0.29) is 22.5 Å². The maximum atomic E-state index is 14.3. The van der Waals surface area contributed by atoms with Crippen LogP contribution in [0.2, 0.25) is 5.15 Å². The second-order valence-electron chi connectivity index (χ2n) is 6.26. The van der Waals surface area contributed by atoms with Gasteiger partial charge in [-0.1, -0.05) is 30.9 Å². The largest absolute Gasteiger partial charge is 0.236 e. The second-order valence-corrected chi connectivity index (χ2v) is 7.60. The van der Waals surface area contributed by atoms with E-state index in [1.54, 1.807) is 0 Å². The van der Waals surface area contributed by atoms with E-state index < -0.39 is 39.5 Å². The first-order chi connectivity index (χ1) is 12.4. The third-order valence-electron chi connectivity index (χ3n) is 4.46. The predicted molar refractivity (Wildman–Crippen MR) is 92.2 cm³/mol. The average Bonchev–Trinajstić information content (AvgIpc) is 2.55. The standard InChI is InChI=1S/C17H16ClF3N2O2S/c18-17-15(14-11(20)6-10(19)7-12(14)21)16(9-4-2-1-3-5-9)22-13(23-17)8-26(24)25/h6-7,9,26H,1-5,8H2. The van der Waals surface area contributed by atoms with Crippen molar-refractivity contribution in [3.8, 4) is 11.1 Å². The van der Waals surface area contributed by atoms with Crippen molar-refractivity contribution < 1.29 is 21.6 Å². The van der Waals surface area contributed by atoms with Crippen LogP contribution in [0.1, 0.15) is 49.5 Å². The number of thiol groups is 1. The molecule has 0 N–H and O–H groups in total.